The molecule has 0 atom stereocenters. The molecule has 0 aromatic rings. The van der Waals surface area contributed by atoms with Crippen LogP contribution in [-0.2, 0) is 9.09 Å². The largest absolute Gasteiger partial charge is 0.469 e. The molecule has 0 rings (SSSR count). The summed E-state index contributed by atoms with van der Waals surface area (Å²) in [5.41, 5.74) is 0. The summed E-state index contributed by atoms with van der Waals surface area (Å²) in [7, 11) is -2.34. The summed E-state index contributed by atoms with van der Waals surface area (Å²) in [6, 6.07) is 0. The van der Waals surface area contributed by atoms with Gasteiger partial charge in [0, 0.05) is 0 Å². The smallest absolute Gasteiger partial charge is 0.320 e. The zero-order valence-corrected chi connectivity index (χ0v) is 8.80. The van der Waals surface area contributed by atoms with Crippen molar-refractivity contribution in [3.8, 4) is 0 Å². The van der Waals surface area contributed by atoms with Gasteiger partial charge in [0.25, 0.3) is 0 Å². The Morgan fingerprint density at radius 2 is 1.85 bits per heavy atom. The third-order valence-corrected chi connectivity index (χ3v) is 2.10. The molecule has 5 nitrogen and oxygen atoms in total. The number of unbranched alkanes of at least 4 members (excludes halogenated alkanes) is 3. The molecule has 0 aliphatic heterocycles. The van der Waals surface area contributed by atoms with Crippen LogP contribution in [0.3, 0.4) is 0 Å². The van der Waals surface area contributed by atoms with E-state index < -0.39 is 7.82 Å². The normalized spacial score (nSPS) is 11.9. The molecule has 0 bridgehead atoms. The van der Waals surface area contributed by atoms with Crippen molar-refractivity contribution >= 4 is 7.82 Å². The summed E-state index contributed by atoms with van der Waals surface area (Å²) in [5.74, 6) is 0. The summed E-state index contributed by atoms with van der Waals surface area (Å²) in [4.78, 5) is 16.7. The van der Waals surface area contributed by atoms with Crippen molar-refractivity contribution in [2.75, 3.05) is 20.2 Å². The topological polar surface area (TPSA) is 78.8 Å². The molecule has 13 heavy (non-hydrogen) atoms. The fourth-order valence-electron chi connectivity index (χ4n) is 0.941. The molecule has 3 N–H and O–H groups in total. The molecule has 6 heteroatoms. The van der Waals surface area contributed by atoms with E-state index in [-0.39, 0.29) is 6.61 Å². The summed E-state index contributed by atoms with van der Waals surface area (Å²) < 4.78 is 14.5. The van der Waals surface area contributed by atoms with Crippen LogP contribution in [0.1, 0.15) is 25.7 Å². The summed E-state index contributed by atoms with van der Waals surface area (Å²) in [6.45, 7) is 1.13. The highest BCUT2D eigenvalue weighted by Crippen LogP contribution is 2.35. The van der Waals surface area contributed by atoms with Gasteiger partial charge in [-0.05, 0) is 26.4 Å². The highest BCUT2D eigenvalue weighted by atomic mass is 31.2. The van der Waals surface area contributed by atoms with Crippen LogP contribution in [0.2, 0.25) is 0 Å². The van der Waals surface area contributed by atoms with E-state index in [1.165, 1.54) is 0 Å². The molecule has 0 aliphatic carbocycles. The Morgan fingerprint density at radius 3 is 2.38 bits per heavy atom. The lowest BCUT2D eigenvalue weighted by atomic mass is 10.2. The van der Waals surface area contributed by atoms with Crippen LogP contribution in [0.4, 0.5) is 0 Å². The van der Waals surface area contributed by atoms with Gasteiger partial charge in [0.1, 0.15) is 0 Å². The summed E-state index contributed by atoms with van der Waals surface area (Å²) in [5, 5.41) is 3.03. The fourth-order valence-corrected chi connectivity index (χ4v) is 1.31. The Morgan fingerprint density at radius 1 is 1.23 bits per heavy atom. The van der Waals surface area contributed by atoms with Gasteiger partial charge in [0.2, 0.25) is 0 Å². The zero-order valence-electron chi connectivity index (χ0n) is 7.90. The predicted molar refractivity (Wildman–Crippen MR) is 50.4 cm³/mol. The van der Waals surface area contributed by atoms with E-state index in [9.17, 15) is 4.57 Å². The highest BCUT2D eigenvalue weighted by molar-refractivity contribution is 7.46. The van der Waals surface area contributed by atoms with Crippen molar-refractivity contribution in [2.24, 2.45) is 0 Å². The molecular formula is C7H18NO4P. The molecule has 0 unspecified atom stereocenters. The van der Waals surface area contributed by atoms with Gasteiger partial charge in [-0.3, -0.25) is 4.52 Å². The molecule has 80 valence electrons. The van der Waals surface area contributed by atoms with Gasteiger partial charge in [-0.1, -0.05) is 12.8 Å². The highest BCUT2D eigenvalue weighted by Gasteiger charge is 2.12. The minimum atomic E-state index is -4.24. The second-order valence-corrected chi connectivity index (χ2v) is 4.08. The van der Waals surface area contributed by atoms with Crippen LogP contribution in [0.15, 0.2) is 0 Å². The summed E-state index contributed by atoms with van der Waals surface area (Å²) in [6.07, 6.45) is 3.80. The molecule has 0 saturated heterocycles. The molecule has 0 saturated carbocycles. The molecule has 0 heterocycles. The zero-order chi connectivity index (χ0) is 10.2. The number of nitrogens with one attached hydrogen (secondary N) is 1. The number of phosphoric ester groups is 1. The number of phosphoric acid groups is 1. The van der Waals surface area contributed by atoms with E-state index in [1.54, 1.807) is 0 Å². The quantitative estimate of drug-likeness (QED) is 0.410. The van der Waals surface area contributed by atoms with Crippen LogP contribution < -0.4 is 5.32 Å². The van der Waals surface area contributed by atoms with Crippen LogP contribution >= 0.6 is 7.82 Å². The van der Waals surface area contributed by atoms with E-state index in [4.69, 9.17) is 9.79 Å². The first kappa shape index (κ1) is 13.1. The van der Waals surface area contributed by atoms with Gasteiger partial charge in [0.05, 0.1) is 6.61 Å². The standard InChI is InChI=1S/C7H18NO4P/c1-8-6-4-2-3-5-7-12-13(9,10)11/h8H,2-7H2,1H3,(H2,9,10,11). The Kier molecular flexibility index (Phi) is 7.51. The number of rotatable bonds is 8. The number of hydrogen-bond acceptors (Lipinski definition) is 3. The minimum Gasteiger partial charge on any atom is -0.320 e. The molecule has 0 fully saturated rings. The Bertz CT molecular complexity index is 159. The molecule has 0 aromatic heterocycles. The van der Waals surface area contributed by atoms with Crippen molar-refractivity contribution < 1.29 is 18.9 Å². The second kappa shape index (κ2) is 7.47. The molecular weight excluding hydrogens is 193 g/mol. The molecule has 0 spiro atoms. The monoisotopic (exact) mass is 211 g/mol. The maximum Gasteiger partial charge on any atom is 0.469 e. The van der Waals surface area contributed by atoms with E-state index in [0.717, 1.165) is 25.8 Å². The van der Waals surface area contributed by atoms with E-state index in [2.05, 4.69) is 9.84 Å². The average molecular weight is 211 g/mol. The molecule has 0 aliphatic rings. The first-order chi connectivity index (χ1) is 6.06. The van der Waals surface area contributed by atoms with Gasteiger partial charge in [-0.25, -0.2) is 4.57 Å². The fraction of sp³-hybridized carbons (Fsp3) is 1.00. The first-order valence-electron chi connectivity index (χ1n) is 4.41. The maximum atomic E-state index is 10.2. The lowest BCUT2D eigenvalue weighted by Gasteiger charge is -2.04. The maximum absolute atomic E-state index is 10.2. The lowest BCUT2D eigenvalue weighted by Crippen LogP contribution is -2.07. The average Bonchev–Trinajstić information content (AvgIpc) is 2.01. The molecule has 0 amide bonds. The van der Waals surface area contributed by atoms with E-state index in [1.807, 2.05) is 7.05 Å². The predicted octanol–water partition coefficient (Wildman–Crippen LogP) is 0.875. The van der Waals surface area contributed by atoms with E-state index >= 15 is 0 Å². The SMILES string of the molecule is CNCCCCCCOP(=O)(O)O. The molecule has 0 aromatic carbocycles. The Hall–Kier alpha value is 0.0700. The van der Waals surface area contributed by atoms with Crippen molar-refractivity contribution in [3.05, 3.63) is 0 Å². The van der Waals surface area contributed by atoms with Gasteiger partial charge >= 0.3 is 7.82 Å². The Labute approximate surface area is 78.7 Å². The minimum absolute atomic E-state index is 0.143. The van der Waals surface area contributed by atoms with Crippen molar-refractivity contribution in [1.29, 1.82) is 0 Å². The van der Waals surface area contributed by atoms with Crippen LogP contribution in [0.25, 0.3) is 0 Å². The Balaban J connectivity index is 3.04. The summed E-state index contributed by atoms with van der Waals surface area (Å²) >= 11 is 0. The van der Waals surface area contributed by atoms with Crippen LogP contribution in [0.5, 0.6) is 0 Å². The second-order valence-electron chi connectivity index (χ2n) is 2.84. The molecule has 0 radical (unpaired) electrons. The lowest BCUT2D eigenvalue weighted by molar-refractivity contribution is 0.193. The first-order valence-corrected chi connectivity index (χ1v) is 5.94. The van der Waals surface area contributed by atoms with Gasteiger partial charge in [-0.15, -0.1) is 0 Å². The number of hydrogen-bond donors (Lipinski definition) is 3. The van der Waals surface area contributed by atoms with Crippen LogP contribution in [-0.4, -0.2) is 30.0 Å². The van der Waals surface area contributed by atoms with Crippen molar-refractivity contribution in [1.82, 2.24) is 5.32 Å². The van der Waals surface area contributed by atoms with Gasteiger partial charge < -0.3 is 15.1 Å². The van der Waals surface area contributed by atoms with Gasteiger partial charge in [0.15, 0.2) is 0 Å². The van der Waals surface area contributed by atoms with E-state index in [0.29, 0.717) is 6.42 Å². The van der Waals surface area contributed by atoms with Crippen LogP contribution in [0, 0.1) is 0 Å². The third-order valence-electron chi connectivity index (χ3n) is 1.58. The van der Waals surface area contributed by atoms with Gasteiger partial charge in [-0.2, -0.15) is 0 Å². The third kappa shape index (κ3) is 12.1. The van der Waals surface area contributed by atoms with Crippen molar-refractivity contribution in [2.45, 2.75) is 25.7 Å². The van der Waals surface area contributed by atoms with Crippen molar-refractivity contribution in [3.63, 3.8) is 0 Å².